The lowest BCUT2D eigenvalue weighted by Gasteiger charge is -2.12. The molecule has 2 heterocycles. The highest BCUT2D eigenvalue weighted by atomic mass is 32.2. The molecule has 0 radical (unpaired) electrons. The van der Waals surface area contributed by atoms with Crippen molar-refractivity contribution in [1.29, 1.82) is 0 Å². The molecule has 0 spiro atoms. The van der Waals surface area contributed by atoms with Gasteiger partial charge in [0.2, 0.25) is 10.0 Å². The Morgan fingerprint density at radius 2 is 2.00 bits per heavy atom. The van der Waals surface area contributed by atoms with Crippen LogP contribution in [0, 0.1) is 0 Å². The van der Waals surface area contributed by atoms with Gasteiger partial charge < -0.3 is 20.7 Å². The summed E-state index contributed by atoms with van der Waals surface area (Å²) in [6.45, 7) is 0.563. The standard InChI is InChI=1S/C23H30N4O4S/c1-24-10-4-6-17-16-5-2-3-7-20(16)26-22(17)14-19-18-13-15(32(30,31)25-11-12-28)8-9-21(18)27-23(19)29/h8-9,13-14,24-26,28H,2-7,10-12H2,1H3,(H,27,29). The molecule has 1 aliphatic heterocycles. The van der Waals surface area contributed by atoms with Crippen LogP contribution in [0.15, 0.2) is 23.1 Å². The molecule has 0 saturated carbocycles. The van der Waals surface area contributed by atoms with Crippen molar-refractivity contribution in [2.24, 2.45) is 0 Å². The molecule has 1 aliphatic carbocycles. The lowest BCUT2D eigenvalue weighted by atomic mass is 9.92. The average molecular weight is 459 g/mol. The van der Waals surface area contributed by atoms with Crippen molar-refractivity contribution >= 4 is 33.3 Å². The van der Waals surface area contributed by atoms with Gasteiger partial charge in [0.05, 0.1) is 17.1 Å². The molecule has 4 rings (SSSR count). The molecule has 2 aliphatic rings. The van der Waals surface area contributed by atoms with E-state index < -0.39 is 10.0 Å². The molecule has 2 aromatic rings. The van der Waals surface area contributed by atoms with Crippen molar-refractivity contribution in [3.63, 3.8) is 0 Å². The Bertz CT molecular complexity index is 1150. The number of aromatic nitrogens is 1. The predicted octanol–water partition coefficient (Wildman–Crippen LogP) is 1.81. The number of aliphatic hydroxyl groups is 1. The van der Waals surface area contributed by atoms with Gasteiger partial charge in [-0.25, -0.2) is 13.1 Å². The van der Waals surface area contributed by atoms with E-state index >= 15 is 0 Å². The van der Waals surface area contributed by atoms with Gasteiger partial charge in [0.15, 0.2) is 0 Å². The number of benzene rings is 1. The fraction of sp³-hybridized carbons (Fsp3) is 0.435. The summed E-state index contributed by atoms with van der Waals surface area (Å²) in [5.41, 5.74) is 6.45. The van der Waals surface area contributed by atoms with Crippen LogP contribution in [0.25, 0.3) is 11.6 Å². The molecule has 5 N–H and O–H groups in total. The first kappa shape index (κ1) is 22.7. The number of sulfonamides is 1. The van der Waals surface area contributed by atoms with E-state index in [4.69, 9.17) is 5.11 Å². The number of carbonyl (C=O) groups is 1. The zero-order valence-electron chi connectivity index (χ0n) is 18.3. The van der Waals surface area contributed by atoms with Crippen LogP contribution in [0.1, 0.15) is 47.3 Å². The molecule has 1 amide bonds. The molecular weight excluding hydrogens is 428 g/mol. The van der Waals surface area contributed by atoms with Crippen LogP contribution in [0.4, 0.5) is 5.69 Å². The third-order valence-electron chi connectivity index (χ3n) is 6.07. The molecule has 8 nitrogen and oxygen atoms in total. The van der Waals surface area contributed by atoms with E-state index in [0.29, 0.717) is 16.8 Å². The number of anilines is 1. The lowest BCUT2D eigenvalue weighted by molar-refractivity contribution is -0.110. The number of aryl methyl sites for hydroxylation is 1. The number of aromatic amines is 1. The summed E-state index contributed by atoms with van der Waals surface area (Å²) in [4.78, 5) is 16.4. The summed E-state index contributed by atoms with van der Waals surface area (Å²) >= 11 is 0. The molecule has 0 bridgehead atoms. The first-order valence-corrected chi connectivity index (χ1v) is 12.6. The maximum absolute atomic E-state index is 12.8. The molecule has 1 aromatic carbocycles. The smallest absolute Gasteiger partial charge is 0.256 e. The first-order chi connectivity index (χ1) is 15.4. The van der Waals surface area contributed by atoms with Gasteiger partial charge in [-0.1, -0.05) is 0 Å². The SMILES string of the molecule is CNCCCc1c(C=C2C(=O)Nc3ccc(S(=O)(=O)NCCO)cc32)[nH]c2c1CCCC2. The van der Waals surface area contributed by atoms with Gasteiger partial charge in [0, 0.05) is 29.2 Å². The van der Waals surface area contributed by atoms with Crippen LogP contribution < -0.4 is 15.4 Å². The minimum Gasteiger partial charge on any atom is -0.395 e. The first-order valence-electron chi connectivity index (χ1n) is 11.1. The fourth-order valence-corrected chi connectivity index (χ4v) is 5.56. The highest BCUT2D eigenvalue weighted by Gasteiger charge is 2.28. The Hall–Kier alpha value is -2.46. The molecule has 172 valence electrons. The predicted molar refractivity (Wildman–Crippen MR) is 125 cm³/mol. The van der Waals surface area contributed by atoms with Crippen molar-refractivity contribution in [2.75, 3.05) is 32.1 Å². The van der Waals surface area contributed by atoms with Crippen molar-refractivity contribution in [3.05, 3.63) is 46.3 Å². The monoisotopic (exact) mass is 458 g/mol. The minimum absolute atomic E-state index is 0.0622. The summed E-state index contributed by atoms with van der Waals surface area (Å²) in [7, 11) is -1.83. The average Bonchev–Trinajstić information content (AvgIpc) is 3.29. The van der Waals surface area contributed by atoms with E-state index in [9.17, 15) is 13.2 Å². The Morgan fingerprint density at radius 1 is 1.19 bits per heavy atom. The van der Waals surface area contributed by atoms with Crippen molar-refractivity contribution in [2.45, 2.75) is 43.4 Å². The summed E-state index contributed by atoms with van der Waals surface area (Å²) in [5, 5.41) is 15.0. The third-order valence-corrected chi connectivity index (χ3v) is 7.53. The second kappa shape index (κ2) is 9.58. The topological polar surface area (TPSA) is 123 Å². The van der Waals surface area contributed by atoms with E-state index in [0.717, 1.165) is 44.3 Å². The second-order valence-electron chi connectivity index (χ2n) is 8.23. The summed E-state index contributed by atoms with van der Waals surface area (Å²) in [6, 6.07) is 4.58. The zero-order valence-corrected chi connectivity index (χ0v) is 19.1. The van der Waals surface area contributed by atoms with Gasteiger partial charge >= 0.3 is 0 Å². The van der Waals surface area contributed by atoms with Gasteiger partial charge in [0.1, 0.15) is 0 Å². The highest BCUT2D eigenvalue weighted by molar-refractivity contribution is 7.89. The van der Waals surface area contributed by atoms with Gasteiger partial charge in [-0.2, -0.15) is 0 Å². The molecule has 0 unspecified atom stereocenters. The summed E-state index contributed by atoms with van der Waals surface area (Å²) in [5.74, 6) is -0.244. The summed E-state index contributed by atoms with van der Waals surface area (Å²) in [6.07, 6.45) is 8.17. The van der Waals surface area contributed by atoms with Crippen molar-refractivity contribution < 1.29 is 18.3 Å². The maximum Gasteiger partial charge on any atom is 0.256 e. The van der Waals surface area contributed by atoms with Crippen LogP contribution in [-0.4, -0.2) is 51.2 Å². The van der Waals surface area contributed by atoms with E-state index in [1.165, 1.54) is 35.4 Å². The Labute approximate surface area is 188 Å². The number of hydrogen-bond acceptors (Lipinski definition) is 5. The molecule has 1 aromatic heterocycles. The Morgan fingerprint density at radius 3 is 2.78 bits per heavy atom. The van der Waals surface area contributed by atoms with Crippen LogP contribution >= 0.6 is 0 Å². The molecule has 32 heavy (non-hydrogen) atoms. The number of rotatable bonds is 9. The lowest BCUT2D eigenvalue weighted by Crippen LogP contribution is -2.26. The number of carbonyl (C=O) groups excluding carboxylic acids is 1. The van der Waals surface area contributed by atoms with Crippen LogP contribution in [0.3, 0.4) is 0 Å². The third kappa shape index (κ3) is 4.52. The number of hydrogen-bond donors (Lipinski definition) is 5. The van der Waals surface area contributed by atoms with Crippen LogP contribution in [0.5, 0.6) is 0 Å². The Kier molecular flexibility index (Phi) is 6.80. The number of nitrogens with one attached hydrogen (secondary N) is 4. The quantitative estimate of drug-likeness (QED) is 0.290. The van der Waals surface area contributed by atoms with Gasteiger partial charge in [-0.3, -0.25) is 4.79 Å². The van der Waals surface area contributed by atoms with Gasteiger partial charge in [0.25, 0.3) is 5.91 Å². The van der Waals surface area contributed by atoms with Gasteiger partial charge in [-0.15, -0.1) is 0 Å². The summed E-state index contributed by atoms with van der Waals surface area (Å²) < 4.78 is 27.4. The largest absolute Gasteiger partial charge is 0.395 e. The van der Waals surface area contributed by atoms with E-state index in [-0.39, 0.29) is 24.0 Å². The zero-order chi connectivity index (χ0) is 22.7. The number of fused-ring (bicyclic) bond motifs is 2. The number of aliphatic hydroxyl groups excluding tert-OH is 1. The molecule has 0 atom stereocenters. The Balaban J connectivity index is 1.74. The van der Waals surface area contributed by atoms with Gasteiger partial charge in [-0.05, 0) is 87.5 Å². The normalized spacial score (nSPS) is 16.8. The van der Waals surface area contributed by atoms with E-state index in [1.807, 2.05) is 13.1 Å². The highest BCUT2D eigenvalue weighted by Crippen LogP contribution is 2.36. The molecule has 9 heteroatoms. The fourth-order valence-electron chi connectivity index (χ4n) is 4.51. The van der Waals surface area contributed by atoms with Crippen molar-refractivity contribution in [3.8, 4) is 0 Å². The van der Waals surface area contributed by atoms with E-state index in [2.05, 4.69) is 20.3 Å². The number of H-pyrrole nitrogens is 1. The van der Waals surface area contributed by atoms with E-state index in [1.54, 1.807) is 6.07 Å². The molecular formula is C23H30N4O4S. The molecule has 0 fully saturated rings. The minimum atomic E-state index is -3.77. The number of amides is 1. The van der Waals surface area contributed by atoms with Crippen LogP contribution in [-0.2, 0) is 34.1 Å². The van der Waals surface area contributed by atoms with Crippen molar-refractivity contribution in [1.82, 2.24) is 15.0 Å². The second-order valence-corrected chi connectivity index (χ2v) is 10.00. The molecule has 0 saturated heterocycles. The maximum atomic E-state index is 12.8. The van der Waals surface area contributed by atoms with Crippen LogP contribution in [0.2, 0.25) is 0 Å².